The van der Waals surface area contributed by atoms with Crippen molar-refractivity contribution in [2.45, 2.75) is 63.3 Å². The van der Waals surface area contributed by atoms with Crippen molar-refractivity contribution in [1.29, 1.82) is 0 Å². The van der Waals surface area contributed by atoms with Gasteiger partial charge in [0.15, 0.2) is 0 Å². The van der Waals surface area contributed by atoms with Gasteiger partial charge in [-0.25, -0.2) is 9.18 Å². The van der Waals surface area contributed by atoms with E-state index in [2.05, 4.69) is 20.2 Å². The molecule has 6 rings (SSSR count). The molecule has 2 saturated heterocycles. The standard InChI is InChI=1S/C30H31F4N5O3/c1-27(2)17-38(16-18-3-6-23(36-14-18)28(8-9-28)30(32,33)34)12-10-29(27,42)21-4-5-22-20(25(21)31)13-19(15-35-22)39-11-7-24(40)37-26(39)41/h3-6,13-15,42H,7-12,16-17H2,1-2H3,(H,37,40,41)/t29-/m0/s1. The molecule has 4 heterocycles. The highest BCUT2D eigenvalue weighted by atomic mass is 19.4. The summed E-state index contributed by atoms with van der Waals surface area (Å²) in [5.41, 5.74) is -2.52. The first-order valence-corrected chi connectivity index (χ1v) is 13.9. The summed E-state index contributed by atoms with van der Waals surface area (Å²) < 4.78 is 56.5. The van der Waals surface area contributed by atoms with E-state index >= 15 is 4.39 Å². The highest BCUT2D eigenvalue weighted by molar-refractivity contribution is 6.06. The van der Waals surface area contributed by atoms with E-state index in [1.54, 1.807) is 18.2 Å². The number of hydrogen-bond acceptors (Lipinski definition) is 6. The van der Waals surface area contributed by atoms with Gasteiger partial charge >= 0.3 is 12.2 Å². The lowest BCUT2D eigenvalue weighted by atomic mass is 9.66. The topological polar surface area (TPSA) is 98.7 Å². The molecule has 3 aliphatic rings. The Morgan fingerprint density at radius 2 is 1.79 bits per heavy atom. The van der Waals surface area contributed by atoms with Gasteiger partial charge in [-0.15, -0.1) is 0 Å². The monoisotopic (exact) mass is 585 g/mol. The van der Waals surface area contributed by atoms with Gasteiger partial charge in [-0.05, 0) is 43.0 Å². The molecule has 42 heavy (non-hydrogen) atoms. The number of amides is 3. The fourth-order valence-electron chi connectivity index (χ4n) is 6.36. The van der Waals surface area contributed by atoms with Gasteiger partial charge in [0.1, 0.15) is 11.2 Å². The van der Waals surface area contributed by atoms with Gasteiger partial charge in [0, 0.05) is 55.2 Å². The minimum Gasteiger partial charge on any atom is -0.384 e. The minimum absolute atomic E-state index is 0.0472. The molecule has 1 aliphatic carbocycles. The Morgan fingerprint density at radius 3 is 2.40 bits per heavy atom. The Labute approximate surface area is 239 Å². The van der Waals surface area contributed by atoms with Crippen LogP contribution in [0.15, 0.2) is 42.7 Å². The first-order valence-electron chi connectivity index (χ1n) is 13.9. The summed E-state index contributed by atoms with van der Waals surface area (Å²) in [6, 6.07) is 7.22. The zero-order valence-corrected chi connectivity index (χ0v) is 23.3. The lowest BCUT2D eigenvalue weighted by Crippen LogP contribution is -2.55. The van der Waals surface area contributed by atoms with Crippen LogP contribution in [0.25, 0.3) is 10.9 Å². The SMILES string of the molecule is CC1(C)CN(Cc2ccc(C3(C(F)(F)F)CC3)nc2)CC[C@]1(O)c1ccc2ncc(N3CCC(=O)NC3=O)cc2c1F. The number of pyridine rings is 2. The number of rotatable bonds is 5. The van der Waals surface area contributed by atoms with Gasteiger partial charge in [-0.3, -0.25) is 29.9 Å². The number of carbonyl (C=O) groups excluding carboxylic acids is 2. The zero-order valence-electron chi connectivity index (χ0n) is 23.3. The molecular weight excluding hydrogens is 554 g/mol. The van der Waals surface area contributed by atoms with Gasteiger partial charge in [-0.1, -0.05) is 26.0 Å². The molecule has 1 atom stereocenters. The normalized spacial score (nSPS) is 24.1. The van der Waals surface area contributed by atoms with Gasteiger partial charge in [0.05, 0.1) is 28.7 Å². The Kier molecular flexibility index (Phi) is 6.58. The predicted octanol–water partition coefficient (Wildman–Crippen LogP) is 4.93. The maximum Gasteiger partial charge on any atom is 0.399 e. The number of aromatic nitrogens is 2. The molecule has 3 amide bonds. The number of benzene rings is 1. The number of piperidine rings is 1. The third kappa shape index (κ3) is 4.60. The first-order chi connectivity index (χ1) is 19.7. The number of fused-ring (bicyclic) bond motifs is 1. The predicted molar refractivity (Wildman–Crippen MR) is 146 cm³/mol. The average Bonchev–Trinajstić information content (AvgIpc) is 3.74. The van der Waals surface area contributed by atoms with Crippen molar-refractivity contribution < 1.29 is 32.3 Å². The lowest BCUT2D eigenvalue weighted by molar-refractivity contribution is -0.161. The van der Waals surface area contributed by atoms with Crippen molar-refractivity contribution in [3.8, 4) is 0 Å². The molecule has 0 bridgehead atoms. The first kappa shape index (κ1) is 28.5. The van der Waals surface area contributed by atoms with Crippen LogP contribution in [0, 0.1) is 11.2 Å². The molecule has 8 nitrogen and oxygen atoms in total. The van der Waals surface area contributed by atoms with Crippen molar-refractivity contribution >= 4 is 28.5 Å². The number of alkyl halides is 3. The lowest BCUT2D eigenvalue weighted by Gasteiger charge is -2.50. The van der Waals surface area contributed by atoms with Crippen molar-refractivity contribution in [3.05, 3.63) is 65.4 Å². The van der Waals surface area contributed by atoms with E-state index in [9.17, 15) is 27.9 Å². The smallest absolute Gasteiger partial charge is 0.384 e. The maximum absolute atomic E-state index is 16.1. The van der Waals surface area contributed by atoms with E-state index in [1.165, 1.54) is 29.4 Å². The zero-order chi connectivity index (χ0) is 30.1. The van der Waals surface area contributed by atoms with Crippen LogP contribution in [0.4, 0.5) is 28.0 Å². The third-order valence-electron chi connectivity index (χ3n) is 9.14. The number of nitrogens with one attached hydrogen (secondary N) is 1. The van der Waals surface area contributed by atoms with Crippen LogP contribution in [0.5, 0.6) is 0 Å². The largest absolute Gasteiger partial charge is 0.399 e. The maximum atomic E-state index is 16.1. The van der Waals surface area contributed by atoms with Gasteiger partial charge < -0.3 is 5.11 Å². The molecular formula is C30H31F4N5O3. The van der Waals surface area contributed by atoms with Crippen LogP contribution in [-0.4, -0.2) is 57.7 Å². The van der Waals surface area contributed by atoms with E-state index < -0.39 is 34.5 Å². The van der Waals surface area contributed by atoms with E-state index in [0.717, 1.165) is 5.56 Å². The summed E-state index contributed by atoms with van der Waals surface area (Å²) in [6.45, 7) is 5.11. The second kappa shape index (κ2) is 9.70. The van der Waals surface area contributed by atoms with Crippen molar-refractivity contribution in [2.24, 2.45) is 5.41 Å². The van der Waals surface area contributed by atoms with E-state index in [4.69, 9.17) is 0 Å². The Morgan fingerprint density at radius 1 is 1.02 bits per heavy atom. The number of hydrogen-bond donors (Lipinski definition) is 2. The second-order valence-electron chi connectivity index (χ2n) is 12.3. The van der Waals surface area contributed by atoms with E-state index in [1.807, 2.05) is 13.8 Å². The molecule has 1 saturated carbocycles. The molecule has 2 aromatic heterocycles. The average molecular weight is 586 g/mol. The molecule has 3 fully saturated rings. The molecule has 1 aromatic carbocycles. The molecule has 0 spiro atoms. The van der Waals surface area contributed by atoms with Crippen LogP contribution >= 0.6 is 0 Å². The summed E-state index contributed by atoms with van der Waals surface area (Å²) in [4.78, 5) is 35.7. The fraction of sp³-hybridized carbons (Fsp3) is 0.467. The Hall–Kier alpha value is -3.64. The quantitative estimate of drug-likeness (QED) is 0.412. The summed E-state index contributed by atoms with van der Waals surface area (Å²) in [5.74, 6) is -1.01. The molecule has 2 N–H and O–H groups in total. The van der Waals surface area contributed by atoms with Crippen LogP contribution in [-0.2, 0) is 22.4 Å². The number of nitrogens with zero attached hydrogens (tertiary/aromatic N) is 4. The highest BCUT2D eigenvalue weighted by Crippen LogP contribution is 2.58. The van der Waals surface area contributed by atoms with Crippen molar-refractivity contribution in [2.75, 3.05) is 24.5 Å². The van der Waals surface area contributed by atoms with Crippen LogP contribution in [0.2, 0.25) is 0 Å². The number of aliphatic hydroxyl groups is 1. The number of carbonyl (C=O) groups is 2. The molecule has 2 aliphatic heterocycles. The van der Waals surface area contributed by atoms with E-state index in [0.29, 0.717) is 30.8 Å². The number of halogens is 4. The Bertz CT molecular complexity index is 1570. The van der Waals surface area contributed by atoms with Crippen LogP contribution in [0.3, 0.4) is 0 Å². The summed E-state index contributed by atoms with van der Waals surface area (Å²) in [5, 5.41) is 14.4. The molecule has 12 heteroatoms. The number of likely N-dealkylation sites (tertiary alicyclic amines) is 1. The number of imide groups is 1. The second-order valence-corrected chi connectivity index (χ2v) is 12.3. The highest BCUT2D eigenvalue weighted by Gasteiger charge is 2.65. The number of anilines is 1. The summed E-state index contributed by atoms with van der Waals surface area (Å²) in [7, 11) is 0. The summed E-state index contributed by atoms with van der Waals surface area (Å²) >= 11 is 0. The van der Waals surface area contributed by atoms with E-state index in [-0.39, 0.29) is 54.8 Å². The van der Waals surface area contributed by atoms with Gasteiger partial charge in [-0.2, -0.15) is 13.2 Å². The van der Waals surface area contributed by atoms with Crippen molar-refractivity contribution in [1.82, 2.24) is 20.2 Å². The molecule has 3 aromatic rings. The van der Waals surface area contributed by atoms with Crippen molar-refractivity contribution in [3.63, 3.8) is 0 Å². The minimum atomic E-state index is -4.32. The van der Waals surface area contributed by atoms with Gasteiger partial charge in [0.2, 0.25) is 5.91 Å². The van der Waals surface area contributed by atoms with Crippen LogP contribution < -0.4 is 10.2 Å². The van der Waals surface area contributed by atoms with Crippen LogP contribution in [0.1, 0.15) is 56.4 Å². The van der Waals surface area contributed by atoms with Gasteiger partial charge in [0.25, 0.3) is 0 Å². The molecule has 0 unspecified atom stereocenters. The third-order valence-corrected chi connectivity index (χ3v) is 9.14. The summed E-state index contributed by atoms with van der Waals surface area (Å²) in [6.07, 6.45) is -0.941. The molecule has 222 valence electrons. The number of urea groups is 1. The Balaban J connectivity index is 1.22. The molecule has 0 radical (unpaired) electrons. The fourth-order valence-corrected chi connectivity index (χ4v) is 6.36.